The Labute approximate surface area is 132 Å². The summed E-state index contributed by atoms with van der Waals surface area (Å²) < 4.78 is 0. The van der Waals surface area contributed by atoms with Crippen LogP contribution >= 0.6 is 0 Å². The van der Waals surface area contributed by atoms with E-state index in [1.54, 1.807) is 44.2 Å². The Morgan fingerprint density at radius 1 is 1.30 bits per heavy atom. The summed E-state index contributed by atoms with van der Waals surface area (Å²) in [5, 5.41) is 11.6. The van der Waals surface area contributed by atoms with Crippen LogP contribution in [0, 0.1) is 0 Å². The molecule has 1 fully saturated rings. The van der Waals surface area contributed by atoms with Gasteiger partial charge in [-0.1, -0.05) is 30.3 Å². The third kappa shape index (κ3) is 3.15. The minimum absolute atomic E-state index is 0.0163. The quantitative estimate of drug-likeness (QED) is 0.811. The second kappa shape index (κ2) is 6.07. The fourth-order valence-electron chi connectivity index (χ4n) is 2.40. The van der Waals surface area contributed by atoms with E-state index in [0.717, 1.165) is 9.80 Å². The summed E-state index contributed by atoms with van der Waals surface area (Å²) in [6, 6.07) is 5.22. The van der Waals surface area contributed by atoms with Gasteiger partial charge in [0.05, 0.1) is 12.1 Å². The first-order valence-electron chi connectivity index (χ1n) is 6.92. The number of carbonyl (C=O) groups is 4. The van der Waals surface area contributed by atoms with Crippen molar-refractivity contribution in [3.63, 3.8) is 0 Å². The topological polar surface area (TPSA) is 107 Å². The monoisotopic (exact) mass is 319 g/mol. The number of carbonyl (C=O) groups excluding carboxylic acids is 3. The highest BCUT2D eigenvalue weighted by molar-refractivity contribution is 6.01. The van der Waals surface area contributed by atoms with E-state index >= 15 is 0 Å². The third-order valence-electron chi connectivity index (χ3n) is 3.63. The number of nitrogens with one attached hydrogen (secondary N) is 1. The zero-order chi connectivity index (χ0) is 17.2. The fourth-order valence-corrected chi connectivity index (χ4v) is 2.40. The number of amides is 5. The molecule has 8 nitrogen and oxygen atoms in total. The van der Waals surface area contributed by atoms with E-state index in [0.29, 0.717) is 12.0 Å². The average Bonchev–Trinajstić information content (AvgIpc) is 2.74. The van der Waals surface area contributed by atoms with Crippen molar-refractivity contribution in [1.82, 2.24) is 15.1 Å². The van der Waals surface area contributed by atoms with Crippen LogP contribution < -0.4 is 5.32 Å². The van der Waals surface area contributed by atoms with Crippen LogP contribution in [0.4, 0.5) is 9.59 Å². The molecule has 1 aromatic carbocycles. The van der Waals surface area contributed by atoms with Crippen molar-refractivity contribution < 1.29 is 24.3 Å². The maximum atomic E-state index is 12.3. The highest BCUT2D eigenvalue weighted by Crippen LogP contribution is 2.25. The normalized spacial score (nSPS) is 17.7. The Kier molecular flexibility index (Phi) is 4.35. The van der Waals surface area contributed by atoms with Gasteiger partial charge >= 0.3 is 18.0 Å². The van der Waals surface area contributed by atoms with Gasteiger partial charge in [-0.05, 0) is 19.4 Å². The van der Waals surface area contributed by atoms with Crippen molar-refractivity contribution in [3.8, 4) is 0 Å². The number of carboxylic acids is 1. The molecule has 2 rings (SSSR count). The van der Waals surface area contributed by atoms with Crippen molar-refractivity contribution in [2.45, 2.75) is 25.4 Å². The van der Waals surface area contributed by atoms with Gasteiger partial charge in [0.1, 0.15) is 0 Å². The molecule has 1 aliphatic rings. The summed E-state index contributed by atoms with van der Waals surface area (Å²) in [5.41, 5.74) is -0.465. The van der Waals surface area contributed by atoms with E-state index in [1.807, 2.05) is 0 Å². The molecule has 23 heavy (non-hydrogen) atoms. The Hall–Kier alpha value is -2.90. The number of nitrogens with zero attached hydrogens (tertiary/aromatic N) is 2. The highest BCUT2D eigenvalue weighted by Gasteiger charge is 2.46. The molecule has 5 amide bonds. The molecule has 0 saturated carbocycles. The molecule has 0 spiro atoms. The van der Waals surface area contributed by atoms with Gasteiger partial charge in [-0.15, -0.1) is 0 Å². The third-order valence-corrected chi connectivity index (χ3v) is 3.63. The lowest BCUT2D eigenvalue weighted by atomic mass is 10.1. The summed E-state index contributed by atoms with van der Waals surface area (Å²) in [4.78, 5) is 48.5. The lowest BCUT2D eigenvalue weighted by molar-refractivity contribution is -0.139. The summed E-state index contributed by atoms with van der Waals surface area (Å²) >= 11 is 0. The van der Waals surface area contributed by atoms with Crippen molar-refractivity contribution in [2.75, 3.05) is 6.54 Å². The summed E-state index contributed by atoms with van der Waals surface area (Å²) in [7, 11) is 0. The predicted molar refractivity (Wildman–Crippen MR) is 79.4 cm³/mol. The Bertz CT molecular complexity index is 644. The molecule has 1 unspecified atom stereocenters. The number of imide groups is 2. The second-order valence-corrected chi connectivity index (χ2v) is 5.79. The molecule has 0 aliphatic carbocycles. The van der Waals surface area contributed by atoms with E-state index < -0.39 is 29.6 Å². The first kappa shape index (κ1) is 16.5. The highest BCUT2D eigenvalue weighted by atomic mass is 16.4. The molecular formula is C15H17N3O5. The Morgan fingerprint density at radius 3 is 2.39 bits per heavy atom. The van der Waals surface area contributed by atoms with Gasteiger partial charge in [-0.3, -0.25) is 9.69 Å². The Morgan fingerprint density at radius 2 is 1.91 bits per heavy atom. The van der Waals surface area contributed by atoms with Crippen LogP contribution in [0.1, 0.15) is 25.5 Å². The number of urea groups is 2. The molecule has 1 aliphatic heterocycles. The zero-order valence-electron chi connectivity index (χ0n) is 12.7. The van der Waals surface area contributed by atoms with Gasteiger partial charge < -0.3 is 10.4 Å². The molecule has 1 aromatic rings. The van der Waals surface area contributed by atoms with E-state index in [1.165, 1.54) is 0 Å². The lowest BCUT2D eigenvalue weighted by Crippen LogP contribution is -2.45. The molecule has 0 radical (unpaired) electrons. The van der Waals surface area contributed by atoms with Gasteiger partial charge in [-0.25, -0.2) is 19.3 Å². The molecule has 0 bridgehead atoms. The van der Waals surface area contributed by atoms with Crippen LogP contribution in [-0.4, -0.2) is 51.4 Å². The molecular weight excluding hydrogens is 302 g/mol. The van der Waals surface area contributed by atoms with Crippen molar-refractivity contribution in [2.24, 2.45) is 0 Å². The van der Waals surface area contributed by atoms with Gasteiger partial charge in [-0.2, -0.15) is 0 Å². The number of carboxylic acid groups (broad SMARTS) is 1. The number of hydrogen-bond acceptors (Lipinski definition) is 4. The van der Waals surface area contributed by atoms with E-state index in [9.17, 15) is 24.3 Å². The standard InChI is InChI=1S/C15H17N3O5/c1-15(2)8-17(14(23)18(15)9-19)13(22)16-11(12(20)21)10-6-4-3-5-7-10/h3-7,9,11H,8H2,1-2H3,(H,16,22)(H,20,21). The van der Waals surface area contributed by atoms with Crippen LogP contribution in [0.5, 0.6) is 0 Å². The van der Waals surface area contributed by atoms with Crippen LogP contribution in [-0.2, 0) is 9.59 Å². The van der Waals surface area contributed by atoms with Crippen LogP contribution in [0.15, 0.2) is 30.3 Å². The minimum atomic E-state index is -1.29. The number of hydrogen-bond donors (Lipinski definition) is 2. The van der Waals surface area contributed by atoms with E-state index in [-0.39, 0.29) is 6.54 Å². The molecule has 1 saturated heterocycles. The van der Waals surface area contributed by atoms with Gasteiger partial charge in [0, 0.05) is 0 Å². The van der Waals surface area contributed by atoms with Gasteiger partial charge in [0.25, 0.3) is 0 Å². The first-order valence-corrected chi connectivity index (χ1v) is 6.92. The van der Waals surface area contributed by atoms with Crippen LogP contribution in [0.3, 0.4) is 0 Å². The summed E-state index contributed by atoms with van der Waals surface area (Å²) in [5.74, 6) is -1.25. The van der Waals surface area contributed by atoms with Crippen molar-refractivity contribution >= 4 is 24.4 Å². The molecule has 122 valence electrons. The maximum Gasteiger partial charge on any atom is 0.335 e. The van der Waals surface area contributed by atoms with Crippen LogP contribution in [0.2, 0.25) is 0 Å². The lowest BCUT2D eigenvalue weighted by Gasteiger charge is -2.22. The molecule has 1 atom stereocenters. The largest absolute Gasteiger partial charge is 0.479 e. The molecule has 1 heterocycles. The van der Waals surface area contributed by atoms with Crippen molar-refractivity contribution in [3.05, 3.63) is 35.9 Å². The van der Waals surface area contributed by atoms with Crippen molar-refractivity contribution in [1.29, 1.82) is 0 Å². The first-order chi connectivity index (χ1) is 10.8. The summed E-state index contributed by atoms with van der Waals surface area (Å²) in [6.07, 6.45) is 0.363. The zero-order valence-corrected chi connectivity index (χ0v) is 12.7. The maximum absolute atomic E-state index is 12.3. The smallest absolute Gasteiger partial charge is 0.335 e. The summed E-state index contributed by atoms with van der Waals surface area (Å²) in [6.45, 7) is 3.26. The Balaban J connectivity index is 2.19. The second-order valence-electron chi connectivity index (χ2n) is 5.79. The number of rotatable bonds is 4. The molecule has 0 aromatic heterocycles. The molecule has 8 heteroatoms. The van der Waals surface area contributed by atoms with Gasteiger partial charge in [0.2, 0.25) is 6.41 Å². The van der Waals surface area contributed by atoms with Gasteiger partial charge in [0.15, 0.2) is 6.04 Å². The van der Waals surface area contributed by atoms with Crippen LogP contribution in [0.25, 0.3) is 0 Å². The number of aliphatic carboxylic acids is 1. The minimum Gasteiger partial charge on any atom is -0.479 e. The number of benzene rings is 1. The molecule has 2 N–H and O–H groups in total. The average molecular weight is 319 g/mol. The van der Waals surface area contributed by atoms with E-state index in [4.69, 9.17) is 0 Å². The SMILES string of the molecule is CC1(C)CN(C(=O)NC(C(=O)O)c2ccccc2)C(=O)N1C=O. The predicted octanol–water partition coefficient (Wildman–Crippen LogP) is 1.19. The van der Waals surface area contributed by atoms with E-state index in [2.05, 4.69) is 5.32 Å². The fraction of sp³-hybridized carbons (Fsp3) is 0.333.